The minimum Gasteiger partial charge on any atom is -0.495 e. The molecule has 1 aromatic heterocycles. The summed E-state index contributed by atoms with van der Waals surface area (Å²) in [4.78, 5) is 14.9. The third-order valence-corrected chi connectivity index (χ3v) is 2.08. The van der Waals surface area contributed by atoms with Crippen molar-refractivity contribution in [2.75, 3.05) is 7.11 Å². The Kier molecular flexibility index (Phi) is 2.14. The molecule has 0 bridgehead atoms. The Morgan fingerprint density at radius 3 is 3.00 bits per heavy atom. The largest absolute Gasteiger partial charge is 0.495 e. The lowest BCUT2D eigenvalue weighted by atomic mass is 10.1. The average molecular weight is 187 g/mol. The molecule has 0 atom stereocenters. The van der Waals surface area contributed by atoms with Crippen molar-refractivity contribution < 1.29 is 9.53 Å². The van der Waals surface area contributed by atoms with Gasteiger partial charge < -0.3 is 4.74 Å². The number of benzene rings is 1. The second-order valence-electron chi connectivity index (χ2n) is 2.91. The fraction of sp³-hybridized carbons (Fsp3) is 0.0909. The molecular weight excluding hydrogens is 178 g/mol. The van der Waals surface area contributed by atoms with Crippen LogP contribution < -0.4 is 4.74 Å². The Labute approximate surface area is 81.3 Å². The number of carbonyl (C=O) groups excluding carboxylic acids is 1. The van der Waals surface area contributed by atoms with Crippen LogP contribution in [0.25, 0.3) is 10.9 Å². The first-order chi connectivity index (χ1) is 6.85. The summed E-state index contributed by atoms with van der Waals surface area (Å²) in [5.41, 5.74) is 1.31. The van der Waals surface area contributed by atoms with Gasteiger partial charge in [-0.25, -0.2) is 0 Å². The Morgan fingerprint density at radius 2 is 2.29 bits per heavy atom. The van der Waals surface area contributed by atoms with Crippen LogP contribution in [0.2, 0.25) is 0 Å². The number of rotatable bonds is 2. The van der Waals surface area contributed by atoms with Gasteiger partial charge in [0, 0.05) is 10.9 Å². The second-order valence-corrected chi connectivity index (χ2v) is 2.91. The van der Waals surface area contributed by atoms with Crippen molar-refractivity contribution in [2.24, 2.45) is 0 Å². The molecular formula is C11H9NO2. The van der Waals surface area contributed by atoms with Gasteiger partial charge in [0.25, 0.3) is 0 Å². The van der Waals surface area contributed by atoms with E-state index in [1.807, 2.05) is 18.2 Å². The topological polar surface area (TPSA) is 39.2 Å². The number of fused-ring (bicyclic) bond motifs is 1. The molecule has 1 aromatic carbocycles. The van der Waals surface area contributed by atoms with E-state index < -0.39 is 0 Å². The molecule has 3 nitrogen and oxygen atoms in total. The zero-order valence-corrected chi connectivity index (χ0v) is 7.73. The normalized spacial score (nSPS) is 10.1. The van der Waals surface area contributed by atoms with Crippen LogP contribution in [0, 0.1) is 0 Å². The van der Waals surface area contributed by atoms with Crippen LogP contribution in [0.1, 0.15) is 10.4 Å². The van der Waals surface area contributed by atoms with Crippen molar-refractivity contribution in [2.45, 2.75) is 0 Å². The number of methoxy groups -OCH3 is 1. The third kappa shape index (κ3) is 1.33. The maximum Gasteiger partial charge on any atom is 0.152 e. The second kappa shape index (κ2) is 3.46. The Bertz CT molecular complexity index is 480. The standard InChI is InChI=1S/C11H9NO2/c1-14-10-5-8-3-2-4-9(7-13)11(8)12-6-10/h2-7H,1H3. The lowest BCUT2D eigenvalue weighted by Gasteiger charge is -2.02. The summed E-state index contributed by atoms with van der Waals surface area (Å²) < 4.78 is 5.04. The van der Waals surface area contributed by atoms with E-state index >= 15 is 0 Å². The van der Waals surface area contributed by atoms with Crippen molar-refractivity contribution >= 4 is 17.2 Å². The van der Waals surface area contributed by atoms with E-state index in [2.05, 4.69) is 4.98 Å². The van der Waals surface area contributed by atoms with Gasteiger partial charge in [-0.3, -0.25) is 9.78 Å². The molecule has 0 aliphatic rings. The third-order valence-electron chi connectivity index (χ3n) is 2.08. The lowest BCUT2D eigenvalue weighted by Crippen LogP contribution is -1.89. The lowest BCUT2D eigenvalue weighted by molar-refractivity contribution is 0.112. The summed E-state index contributed by atoms with van der Waals surface area (Å²) in [5, 5.41) is 0.911. The molecule has 2 aromatic rings. The van der Waals surface area contributed by atoms with Crippen LogP contribution >= 0.6 is 0 Å². The summed E-state index contributed by atoms with van der Waals surface area (Å²) in [6.45, 7) is 0. The number of carbonyl (C=O) groups is 1. The van der Waals surface area contributed by atoms with Crippen LogP contribution in [0.3, 0.4) is 0 Å². The van der Waals surface area contributed by atoms with Gasteiger partial charge in [0.1, 0.15) is 5.75 Å². The Morgan fingerprint density at radius 1 is 1.43 bits per heavy atom. The highest BCUT2D eigenvalue weighted by molar-refractivity contribution is 5.95. The van der Waals surface area contributed by atoms with Crippen molar-refractivity contribution in [3.05, 3.63) is 36.0 Å². The maximum atomic E-state index is 10.7. The fourth-order valence-electron chi connectivity index (χ4n) is 1.37. The van der Waals surface area contributed by atoms with E-state index in [0.717, 1.165) is 11.7 Å². The van der Waals surface area contributed by atoms with Crippen LogP contribution in [0.4, 0.5) is 0 Å². The average Bonchev–Trinajstić information content (AvgIpc) is 2.27. The van der Waals surface area contributed by atoms with Crippen molar-refractivity contribution in [1.29, 1.82) is 0 Å². The monoisotopic (exact) mass is 187 g/mol. The van der Waals surface area contributed by atoms with E-state index in [0.29, 0.717) is 16.8 Å². The summed E-state index contributed by atoms with van der Waals surface area (Å²) >= 11 is 0. The number of ether oxygens (including phenoxy) is 1. The van der Waals surface area contributed by atoms with Gasteiger partial charge in [-0.05, 0) is 12.1 Å². The minimum atomic E-state index is 0.602. The van der Waals surface area contributed by atoms with Crippen molar-refractivity contribution in [3.63, 3.8) is 0 Å². The van der Waals surface area contributed by atoms with Crippen LogP contribution in [0.15, 0.2) is 30.5 Å². The SMILES string of the molecule is COc1cnc2c(C=O)cccc2c1. The molecule has 0 N–H and O–H groups in total. The molecule has 0 saturated heterocycles. The summed E-state index contributed by atoms with van der Waals surface area (Å²) in [5.74, 6) is 0.695. The predicted octanol–water partition coefficient (Wildman–Crippen LogP) is 2.06. The maximum absolute atomic E-state index is 10.7. The van der Waals surface area contributed by atoms with Gasteiger partial charge >= 0.3 is 0 Å². The first kappa shape index (κ1) is 8.69. The molecule has 0 aliphatic heterocycles. The molecule has 14 heavy (non-hydrogen) atoms. The number of pyridine rings is 1. The molecule has 1 heterocycles. The molecule has 0 saturated carbocycles. The van der Waals surface area contributed by atoms with E-state index in [9.17, 15) is 4.79 Å². The number of hydrogen-bond donors (Lipinski definition) is 0. The number of para-hydroxylation sites is 1. The van der Waals surface area contributed by atoms with E-state index in [-0.39, 0.29) is 0 Å². The molecule has 0 unspecified atom stereocenters. The Hall–Kier alpha value is -1.90. The van der Waals surface area contributed by atoms with Crippen molar-refractivity contribution in [1.82, 2.24) is 4.98 Å². The highest BCUT2D eigenvalue weighted by Gasteiger charge is 2.01. The highest BCUT2D eigenvalue weighted by Crippen LogP contribution is 2.19. The summed E-state index contributed by atoms with van der Waals surface area (Å²) in [7, 11) is 1.59. The van der Waals surface area contributed by atoms with E-state index in [1.165, 1.54) is 0 Å². The Balaban J connectivity index is 2.73. The molecule has 70 valence electrons. The zero-order chi connectivity index (χ0) is 9.97. The molecule has 0 fully saturated rings. The van der Waals surface area contributed by atoms with Gasteiger partial charge in [-0.1, -0.05) is 12.1 Å². The molecule has 3 heteroatoms. The molecule has 0 radical (unpaired) electrons. The molecule has 2 rings (SSSR count). The molecule has 0 spiro atoms. The van der Waals surface area contributed by atoms with Crippen LogP contribution in [0.5, 0.6) is 5.75 Å². The van der Waals surface area contributed by atoms with Crippen molar-refractivity contribution in [3.8, 4) is 5.75 Å². The first-order valence-electron chi connectivity index (χ1n) is 4.23. The summed E-state index contributed by atoms with van der Waals surface area (Å²) in [6, 6.07) is 7.33. The van der Waals surface area contributed by atoms with E-state index in [1.54, 1.807) is 19.4 Å². The smallest absolute Gasteiger partial charge is 0.152 e. The summed E-state index contributed by atoms with van der Waals surface area (Å²) in [6.07, 6.45) is 2.41. The van der Waals surface area contributed by atoms with Gasteiger partial charge in [0.2, 0.25) is 0 Å². The first-order valence-corrected chi connectivity index (χ1v) is 4.23. The number of hydrogen-bond acceptors (Lipinski definition) is 3. The van der Waals surface area contributed by atoms with Gasteiger partial charge in [0.15, 0.2) is 6.29 Å². The van der Waals surface area contributed by atoms with Gasteiger partial charge in [-0.2, -0.15) is 0 Å². The number of aldehydes is 1. The van der Waals surface area contributed by atoms with E-state index in [4.69, 9.17) is 4.74 Å². The molecule has 0 amide bonds. The highest BCUT2D eigenvalue weighted by atomic mass is 16.5. The number of nitrogens with zero attached hydrogens (tertiary/aromatic N) is 1. The van der Waals surface area contributed by atoms with Crippen LogP contribution in [-0.4, -0.2) is 18.4 Å². The number of aromatic nitrogens is 1. The molecule has 0 aliphatic carbocycles. The predicted molar refractivity (Wildman–Crippen MR) is 53.7 cm³/mol. The minimum absolute atomic E-state index is 0.602. The van der Waals surface area contributed by atoms with Gasteiger partial charge in [0.05, 0.1) is 18.8 Å². The van der Waals surface area contributed by atoms with Crippen LogP contribution in [-0.2, 0) is 0 Å². The zero-order valence-electron chi connectivity index (χ0n) is 7.73. The fourth-order valence-corrected chi connectivity index (χ4v) is 1.37. The quantitative estimate of drug-likeness (QED) is 0.675. The van der Waals surface area contributed by atoms with Gasteiger partial charge in [-0.15, -0.1) is 0 Å².